The Bertz CT molecular complexity index is 1150. The van der Waals surface area contributed by atoms with Crippen molar-refractivity contribution in [3.05, 3.63) is 76.4 Å². The zero-order valence-electron chi connectivity index (χ0n) is 20.1. The summed E-state index contributed by atoms with van der Waals surface area (Å²) in [6.07, 6.45) is 5.79. The zero-order valence-corrected chi connectivity index (χ0v) is 21.6. The van der Waals surface area contributed by atoms with Crippen molar-refractivity contribution < 1.29 is 4.39 Å². The van der Waals surface area contributed by atoms with Crippen molar-refractivity contribution >= 4 is 40.6 Å². The Labute approximate surface area is 216 Å². The standard InChI is InChI=1S/C26H31Cl2FN6/c1-17-6-5-11-34(17)19(3)32-25(15-24(30)20-8-9-21(27)23(29)14-20)35-13-12-33(16-18(35)2)26-22(28)7-4-10-31-26/h4,7-10,14-15,17-18H,3,5-6,11-13,16,30H2,1-2H3/b24-15-,32-25+/t17-,18-/m1/s1. The molecule has 1 aromatic heterocycles. The van der Waals surface area contributed by atoms with Gasteiger partial charge in [0.15, 0.2) is 0 Å². The monoisotopic (exact) mass is 516 g/mol. The van der Waals surface area contributed by atoms with Crippen LogP contribution in [0.1, 0.15) is 32.3 Å². The van der Waals surface area contributed by atoms with Gasteiger partial charge < -0.3 is 20.4 Å². The van der Waals surface area contributed by atoms with Crippen LogP contribution in [0.2, 0.25) is 10.0 Å². The number of nitrogens with two attached hydrogens (primary N) is 1. The summed E-state index contributed by atoms with van der Waals surface area (Å²) in [5.41, 5.74) is 7.38. The highest BCUT2D eigenvalue weighted by Gasteiger charge is 2.28. The first kappa shape index (κ1) is 25.3. The van der Waals surface area contributed by atoms with Crippen LogP contribution in [0, 0.1) is 5.82 Å². The highest BCUT2D eigenvalue weighted by molar-refractivity contribution is 6.33. The number of hydrogen-bond acceptors (Lipinski definition) is 5. The van der Waals surface area contributed by atoms with Gasteiger partial charge in [0, 0.05) is 61.8 Å². The topological polar surface area (TPSA) is 61.0 Å². The first-order valence-corrected chi connectivity index (χ1v) is 12.6. The Hall–Kier alpha value is -2.77. The van der Waals surface area contributed by atoms with E-state index in [1.165, 1.54) is 12.1 Å². The molecule has 9 heteroatoms. The maximum atomic E-state index is 14.1. The number of anilines is 1. The largest absolute Gasteiger partial charge is 0.398 e. The minimum absolute atomic E-state index is 0.0600. The Morgan fingerprint density at radius 1 is 1.14 bits per heavy atom. The lowest BCUT2D eigenvalue weighted by Crippen LogP contribution is -2.54. The van der Waals surface area contributed by atoms with Gasteiger partial charge in [-0.15, -0.1) is 0 Å². The van der Waals surface area contributed by atoms with Crippen molar-refractivity contribution in [2.75, 3.05) is 31.1 Å². The zero-order chi connectivity index (χ0) is 25.1. The maximum absolute atomic E-state index is 14.1. The third-order valence-electron chi connectivity index (χ3n) is 6.63. The molecule has 3 heterocycles. The SMILES string of the molecule is C=C(/N=C(\C=C(/N)c1ccc(Cl)c(F)c1)N1CCN(c2ncccc2Cl)C[C@H]1C)N1CCC[C@H]1C. The van der Waals surface area contributed by atoms with Crippen LogP contribution in [0.25, 0.3) is 5.70 Å². The first-order valence-electron chi connectivity index (χ1n) is 11.8. The molecular formula is C26H31Cl2FN6. The van der Waals surface area contributed by atoms with Gasteiger partial charge in [0.2, 0.25) is 0 Å². The number of pyridine rings is 1. The number of halogens is 3. The number of amidine groups is 1. The third-order valence-corrected chi connectivity index (χ3v) is 7.23. The predicted molar refractivity (Wildman–Crippen MR) is 143 cm³/mol. The van der Waals surface area contributed by atoms with Gasteiger partial charge in [-0.2, -0.15) is 0 Å². The molecule has 2 atom stereocenters. The summed E-state index contributed by atoms with van der Waals surface area (Å²) in [5.74, 6) is 1.67. The number of rotatable bonds is 5. The first-order chi connectivity index (χ1) is 16.7. The van der Waals surface area contributed by atoms with E-state index in [0.717, 1.165) is 31.7 Å². The van der Waals surface area contributed by atoms with Gasteiger partial charge in [0.25, 0.3) is 0 Å². The molecule has 2 aliphatic rings. The predicted octanol–water partition coefficient (Wildman–Crippen LogP) is 5.39. The Balaban J connectivity index is 1.63. The second kappa shape index (κ2) is 10.9. The number of nitrogens with zero attached hydrogens (tertiary/aromatic N) is 5. The molecule has 2 aliphatic heterocycles. The molecule has 2 saturated heterocycles. The summed E-state index contributed by atoms with van der Waals surface area (Å²) in [4.78, 5) is 16.0. The van der Waals surface area contributed by atoms with Crippen molar-refractivity contribution in [3.8, 4) is 0 Å². The van der Waals surface area contributed by atoms with E-state index in [-0.39, 0.29) is 11.1 Å². The van der Waals surface area contributed by atoms with E-state index in [2.05, 4.69) is 40.1 Å². The molecule has 0 unspecified atom stereocenters. The summed E-state index contributed by atoms with van der Waals surface area (Å²) in [5, 5.41) is 0.692. The van der Waals surface area contributed by atoms with Crippen molar-refractivity contribution in [2.45, 2.75) is 38.8 Å². The van der Waals surface area contributed by atoms with E-state index in [1.54, 1.807) is 18.3 Å². The molecule has 1 aromatic carbocycles. The molecule has 0 amide bonds. The second-order valence-electron chi connectivity index (χ2n) is 9.10. The average molecular weight is 517 g/mol. The normalized spacial score (nSPS) is 21.6. The summed E-state index contributed by atoms with van der Waals surface area (Å²) in [6.45, 7) is 11.6. The molecule has 6 nitrogen and oxygen atoms in total. The molecule has 0 radical (unpaired) electrons. The molecule has 0 saturated carbocycles. The highest BCUT2D eigenvalue weighted by atomic mass is 35.5. The molecule has 4 rings (SSSR count). The molecule has 2 aromatic rings. The minimum Gasteiger partial charge on any atom is -0.398 e. The van der Waals surface area contributed by atoms with E-state index < -0.39 is 5.82 Å². The van der Waals surface area contributed by atoms with Crippen LogP contribution in [-0.2, 0) is 0 Å². The number of aromatic nitrogens is 1. The molecular weight excluding hydrogens is 486 g/mol. The smallest absolute Gasteiger partial charge is 0.147 e. The molecule has 2 fully saturated rings. The fourth-order valence-corrected chi connectivity index (χ4v) is 5.05. The van der Waals surface area contributed by atoms with E-state index in [4.69, 9.17) is 33.9 Å². The fourth-order valence-electron chi connectivity index (χ4n) is 4.69. The van der Waals surface area contributed by atoms with E-state index in [0.29, 0.717) is 47.1 Å². The van der Waals surface area contributed by atoms with Gasteiger partial charge >= 0.3 is 0 Å². The van der Waals surface area contributed by atoms with Gasteiger partial charge in [0.05, 0.1) is 10.0 Å². The number of likely N-dealkylation sites (tertiary alicyclic amines) is 1. The van der Waals surface area contributed by atoms with Crippen molar-refractivity contribution in [2.24, 2.45) is 10.7 Å². The van der Waals surface area contributed by atoms with Crippen LogP contribution >= 0.6 is 23.2 Å². The lowest BCUT2D eigenvalue weighted by molar-refractivity contribution is 0.294. The molecule has 0 bridgehead atoms. The second-order valence-corrected chi connectivity index (χ2v) is 9.91. The van der Waals surface area contributed by atoms with Gasteiger partial charge in [-0.25, -0.2) is 14.4 Å². The van der Waals surface area contributed by atoms with Crippen LogP contribution < -0.4 is 10.6 Å². The van der Waals surface area contributed by atoms with Gasteiger partial charge in [-0.05, 0) is 51.0 Å². The quantitative estimate of drug-likeness (QED) is 0.426. The number of piperazine rings is 1. The van der Waals surface area contributed by atoms with Crippen LogP contribution in [0.3, 0.4) is 0 Å². The minimum atomic E-state index is -0.511. The lowest BCUT2D eigenvalue weighted by atomic mass is 10.1. The molecule has 0 aliphatic carbocycles. The molecule has 186 valence electrons. The summed E-state index contributed by atoms with van der Waals surface area (Å²) < 4.78 is 14.1. The lowest BCUT2D eigenvalue weighted by Gasteiger charge is -2.42. The molecule has 35 heavy (non-hydrogen) atoms. The number of benzene rings is 1. The van der Waals surface area contributed by atoms with Crippen LogP contribution in [0.5, 0.6) is 0 Å². The Kier molecular flexibility index (Phi) is 7.87. The van der Waals surface area contributed by atoms with Gasteiger partial charge in [-0.3, -0.25) is 0 Å². The average Bonchev–Trinajstić information content (AvgIpc) is 3.26. The summed E-state index contributed by atoms with van der Waals surface area (Å²) in [6, 6.07) is 8.71. The van der Waals surface area contributed by atoms with Crippen molar-refractivity contribution in [1.82, 2.24) is 14.8 Å². The summed E-state index contributed by atoms with van der Waals surface area (Å²) in [7, 11) is 0. The molecule has 2 N–H and O–H groups in total. The van der Waals surface area contributed by atoms with Crippen LogP contribution in [0.4, 0.5) is 10.2 Å². The Morgan fingerprint density at radius 2 is 1.94 bits per heavy atom. The Morgan fingerprint density at radius 3 is 2.60 bits per heavy atom. The highest BCUT2D eigenvalue weighted by Crippen LogP contribution is 2.27. The van der Waals surface area contributed by atoms with Gasteiger partial charge in [0.1, 0.15) is 23.3 Å². The van der Waals surface area contributed by atoms with Crippen LogP contribution in [-0.4, -0.2) is 58.9 Å². The number of aliphatic imine (C=N–C) groups is 1. The number of hydrogen-bond donors (Lipinski definition) is 1. The van der Waals surface area contributed by atoms with E-state index in [9.17, 15) is 4.39 Å². The van der Waals surface area contributed by atoms with Gasteiger partial charge in [-0.1, -0.05) is 35.8 Å². The van der Waals surface area contributed by atoms with Crippen molar-refractivity contribution in [1.29, 1.82) is 0 Å². The third kappa shape index (κ3) is 5.73. The molecule has 0 spiro atoms. The van der Waals surface area contributed by atoms with Crippen LogP contribution in [0.15, 0.2) is 60.0 Å². The fraction of sp³-hybridized carbons (Fsp3) is 0.385. The summed E-state index contributed by atoms with van der Waals surface area (Å²) >= 11 is 12.3. The van der Waals surface area contributed by atoms with E-state index >= 15 is 0 Å². The van der Waals surface area contributed by atoms with E-state index in [1.807, 2.05) is 12.1 Å². The maximum Gasteiger partial charge on any atom is 0.147 e. The van der Waals surface area contributed by atoms with Crippen molar-refractivity contribution in [3.63, 3.8) is 0 Å².